The summed E-state index contributed by atoms with van der Waals surface area (Å²) in [6.45, 7) is 4.27. The molecular formula is C29H37N3O2. The molecule has 5 nitrogen and oxygen atoms in total. The van der Waals surface area contributed by atoms with Crippen LogP contribution < -0.4 is 15.0 Å². The van der Waals surface area contributed by atoms with Gasteiger partial charge in [-0.2, -0.15) is 0 Å². The normalized spacial score (nSPS) is 30.4. The number of likely N-dealkylation sites (N-methyl/N-ethyl adjacent to an activating group) is 1. The van der Waals surface area contributed by atoms with Gasteiger partial charge in [-0.15, -0.1) is 0 Å². The van der Waals surface area contributed by atoms with E-state index in [-0.39, 0.29) is 12.5 Å². The molecule has 5 aliphatic rings. The smallest absolute Gasteiger partial charge is 0.262 e. The second-order valence-corrected chi connectivity index (χ2v) is 11.4. The molecule has 1 N–H and O–H groups in total. The zero-order valence-corrected chi connectivity index (χ0v) is 20.3. The zero-order valence-electron chi connectivity index (χ0n) is 20.3. The van der Waals surface area contributed by atoms with Gasteiger partial charge in [-0.3, -0.25) is 4.79 Å². The largest absolute Gasteiger partial charge is 0.484 e. The molecular weight excluding hydrogens is 422 g/mol. The van der Waals surface area contributed by atoms with Crippen LogP contribution in [0.1, 0.15) is 44.1 Å². The predicted octanol–water partition coefficient (Wildman–Crippen LogP) is 4.92. The minimum atomic E-state index is -0.127. The lowest BCUT2D eigenvalue weighted by Crippen LogP contribution is -2.48. The Morgan fingerprint density at radius 2 is 1.47 bits per heavy atom. The molecule has 180 valence electrons. The van der Waals surface area contributed by atoms with Crippen LogP contribution in [-0.4, -0.2) is 50.6 Å². The molecule has 1 amide bonds. The third kappa shape index (κ3) is 4.43. The molecule has 1 heterocycles. The van der Waals surface area contributed by atoms with Crippen molar-refractivity contribution in [2.24, 2.45) is 17.8 Å². The first-order chi connectivity index (χ1) is 16.5. The first-order valence-electron chi connectivity index (χ1n) is 13.1. The number of ether oxygens (including phenoxy) is 1. The Labute approximate surface area is 203 Å². The second-order valence-electron chi connectivity index (χ2n) is 11.4. The number of benzene rings is 2. The van der Waals surface area contributed by atoms with E-state index in [1.54, 1.807) is 0 Å². The van der Waals surface area contributed by atoms with Gasteiger partial charge in [0.1, 0.15) is 5.75 Å². The maximum atomic E-state index is 12.5. The van der Waals surface area contributed by atoms with Gasteiger partial charge < -0.3 is 19.9 Å². The molecule has 4 saturated carbocycles. The molecule has 0 spiro atoms. The van der Waals surface area contributed by atoms with E-state index < -0.39 is 0 Å². The fraction of sp³-hybridized carbons (Fsp3) is 0.552. The van der Waals surface area contributed by atoms with Crippen LogP contribution in [0.4, 0.5) is 11.4 Å². The molecule has 0 aromatic heterocycles. The van der Waals surface area contributed by atoms with Gasteiger partial charge in [0.2, 0.25) is 0 Å². The molecule has 34 heavy (non-hydrogen) atoms. The number of hydrogen-bond donors (Lipinski definition) is 1. The highest BCUT2D eigenvalue weighted by molar-refractivity contribution is 5.92. The Hall–Kier alpha value is -2.53. The van der Waals surface area contributed by atoms with Crippen molar-refractivity contribution >= 4 is 17.3 Å². The van der Waals surface area contributed by atoms with Gasteiger partial charge in [-0.25, -0.2) is 0 Å². The fourth-order valence-corrected chi connectivity index (χ4v) is 7.54. The highest BCUT2D eigenvalue weighted by Crippen LogP contribution is 2.60. The summed E-state index contributed by atoms with van der Waals surface area (Å²) in [5.41, 5.74) is 3.91. The summed E-state index contributed by atoms with van der Waals surface area (Å²) in [5.74, 6) is 3.48. The van der Waals surface area contributed by atoms with E-state index in [2.05, 4.69) is 58.6 Å². The third-order valence-electron chi connectivity index (χ3n) is 8.89. The molecule has 4 aliphatic carbocycles. The van der Waals surface area contributed by atoms with Crippen LogP contribution in [-0.2, 0) is 10.2 Å². The van der Waals surface area contributed by atoms with Crippen molar-refractivity contribution in [1.82, 2.24) is 4.90 Å². The average Bonchev–Trinajstić information content (AvgIpc) is 2.83. The average molecular weight is 460 g/mol. The van der Waals surface area contributed by atoms with Crippen LogP contribution in [0.5, 0.6) is 5.75 Å². The third-order valence-corrected chi connectivity index (χ3v) is 8.89. The molecule has 0 atom stereocenters. The topological polar surface area (TPSA) is 44.8 Å². The number of anilines is 2. The number of nitrogens with zero attached hydrogens (tertiary/aromatic N) is 2. The van der Waals surface area contributed by atoms with E-state index in [9.17, 15) is 4.79 Å². The first-order valence-corrected chi connectivity index (χ1v) is 13.1. The van der Waals surface area contributed by atoms with E-state index in [0.29, 0.717) is 5.41 Å². The molecule has 4 bridgehead atoms. The predicted molar refractivity (Wildman–Crippen MR) is 137 cm³/mol. The molecule has 2 aromatic rings. The maximum Gasteiger partial charge on any atom is 0.262 e. The van der Waals surface area contributed by atoms with Gasteiger partial charge >= 0.3 is 0 Å². The SMILES string of the molecule is CN1CCN(c2ccc(NC(=O)COc3ccc(C45CC6CC(CC(C6)C4)C5)cc3)cc2)CC1. The quantitative estimate of drug-likeness (QED) is 0.666. The second kappa shape index (κ2) is 8.92. The summed E-state index contributed by atoms with van der Waals surface area (Å²) in [4.78, 5) is 17.2. The van der Waals surface area contributed by atoms with Crippen LogP contribution in [0.2, 0.25) is 0 Å². The van der Waals surface area contributed by atoms with Crippen LogP contribution in [0.3, 0.4) is 0 Å². The Morgan fingerprint density at radius 1 is 0.882 bits per heavy atom. The summed E-state index contributed by atoms with van der Waals surface area (Å²) < 4.78 is 5.82. The Morgan fingerprint density at radius 3 is 2.06 bits per heavy atom. The highest BCUT2D eigenvalue weighted by atomic mass is 16.5. The molecule has 5 fully saturated rings. The van der Waals surface area contributed by atoms with Crippen molar-refractivity contribution in [2.45, 2.75) is 43.9 Å². The summed E-state index contributed by atoms with van der Waals surface area (Å²) in [7, 11) is 2.16. The molecule has 0 radical (unpaired) electrons. The number of piperazine rings is 1. The molecule has 1 aliphatic heterocycles. The van der Waals surface area contributed by atoms with Crippen molar-refractivity contribution in [2.75, 3.05) is 50.1 Å². The van der Waals surface area contributed by atoms with E-state index in [1.165, 1.54) is 49.8 Å². The van der Waals surface area contributed by atoms with E-state index in [1.807, 2.05) is 12.1 Å². The first kappa shape index (κ1) is 22.0. The maximum absolute atomic E-state index is 12.5. The van der Waals surface area contributed by atoms with E-state index in [0.717, 1.165) is 55.4 Å². The summed E-state index contributed by atoms with van der Waals surface area (Å²) in [6, 6.07) is 16.8. The Bertz CT molecular complexity index is 973. The van der Waals surface area contributed by atoms with E-state index in [4.69, 9.17) is 4.74 Å². The summed E-state index contributed by atoms with van der Waals surface area (Å²) >= 11 is 0. The zero-order chi connectivity index (χ0) is 23.1. The molecule has 7 rings (SSSR count). The van der Waals surface area contributed by atoms with Crippen LogP contribution in [0.25, 0.3) is 0 Å². The lowest BCUT2D eigenvalue weighted by molar-refractivity contribution is -0.118. The molecule has 0 unspecified atom stereocenters. The van der Waals surface area contributed by atoms with Crippen molar-refractivity contribution < 1.29 is 9.53 Å². The molecule has 1 saturated heterocycles. The Kier molecular flexibility index (Phi) is 5.76. The van der Waals surface area contributed by atoms with Gasteiger partial charge in [0.05, 0.1) is 0 Å². The number of rotatable bonds is 6. The minimum Gasteiger partial charge on any atom is -0.484 e. The number of nitrogens with one attached hydrogen (secondary N) is 1. The number of amides is 1. The molecule has 2 aromatic carbocycles. The molecule has 5 heteroatoms. The van der Waals surface area contributed by atoms with Gasteiger partial charge in [0, 0.05) is 37.6 Å². The van der Waals surface area contributed by atoms with Crippen molar-refractivity contribution in [3.05, 3.63) is 54.1 Å². The van der Waals surface area contributed by atoms with E-state index >= 15 is 0 Å². The van der Waals surface area contributed by atoms with Crippen molar-refractivity contribution in [3.63, 3.8) is 0 Å². The summed E-state index contributed by atoms with van der Waals surface area (Å²) in [6.07, 6.45) is 8.51. The Balaban J connectivity index is 1.01. The van der Waals surface area contributed by atoms with Crippen LogP contribution in [0.15, 0.2) is 48.5 Å². The number of hydrogen-bond acceptors (Lipinski definition) is 4. The van der Waals surface area contributed by atoms with Crippen molar-refractivity contribution in [1.29, 1.82) is 0 Å². The highest BCUT2D eigenvalue weighted by Gasteiger charge is 2.51. The summed E-state index contributed by atoms with van der Waals surface area (Å²) in [5, 5.41) is 2.96. The monoisotopic (exact) mass is 459 g/mol. The fourth-order valence-electron chi connectivity index (χ4n) is 7.54. The van der Waals surface area contributed by atoms with Crippen molar-refractivity contribution in [3.8, 4) is 5.75 Å². The van der Waals surface area contributed by atoms with Crippen LogP contribution >= 0.6 is 0 Å². The lowest BCUT2D eigenvalue weighted by atomic mass is 9.48. The van der Waals surface area contributed by atoms with Crippen LogP contribution in [0, 0.1) is 17.8 Å². The minimum absolute atomic E-state index is 0.0247. The van der Waals surface area contributed by atoms with Gasteiger partial charge in [0.15, 0.2) is 6.61 Å². The van der Waals surface area contributed by atoms with Gasteiger partial charge in [-0.1, -0.05) is 12.1 Å². The van der Waals surface area contributed by atoms with Gasteiger partial charge in [-0.05, 0) is 111 Å². The lowest BCUT2D eigenvalue weighted by Gasteiger charge is -2.57. The number of carbonyl (C=O) groups is 1. The van der Waals surface area contributed by atoms with Gasteiger partial charge in [0.25, 0.3) is 5.91 Å². The number of carbonyl (C=O) groups excluding carboxylic acids is 1. The standard InChI is InChI=1S/C29H37N3O2/c1-31-10-12-32(13-11-31)26-6-4-25(5-7-26)30-28(33)20-34-27-8-2-24(3-9-27)29-17-21-14-22(18-29)16-23(15-21)19-29/h2-9,21-23H,10-20H2,1H3,(H,30,33).